The zero-order valence-electron chi connectivity index (χ0n) is 20.2. The lowest BCUT2D eigenvalue weighted by Crippen LogP contribution is -2.10. The summed E-state index contributed by atoms with van der Waals surface area (Å²) in [7, 11) is 1.64. The van der Waals surface area contributed by atoms with E-state index in [4.69, 9.17) is 14.5 Å². The highest BCUT2D eigenvalue weighted by Crippen LogP contribution is 2.36. The van der Waals surface area contributed by atoms with Crippen molar-refractivity contribution in [1.29, 1.82) is 0 Å². The van der Waals surface area contributed by atoms with E-state index in [1.54, 1.807) is 7.11 Å². The second-order valence-corrected chi connectivity index (χ2v) is 8.56. The molecule has 1 N–H and O–H groups in total. The molecule has 3 aromatic carbocycles. The number of anilines is 1. The molecule has 2 heterocycles. The Bertz CT molecular complexity index is 1410. The number of aliphatic imine (C=N–C) groups is 1. The van der Waals surface area contributed by atoms with Gasteiger partial charge in [0.1, 0.15) is 18.2 Å². The van der Waals surface area contributed by atoms with Gasteiger partial charge in [-0.3, -0.25) is 4.99 Å². The van der Waals surface area contributed by atoms with E-state index in [0.717, 1.165) is 34.4 Å². The predicted molar refractivity (Wildman–Crippen MR) is 141 cm³/mol. The molecular weight excluding hydrogens is 436 g/mol. The number of ether oxygens (including phenoxy) is 2. The zero-order chi connectivity index (χ0) is 24.2. The molecule has 6 nitrogen and oxygen atoms in total. The molecule has 1 aliphatic heterocycles. The lowest BCUT2D eigenvalue weighted by atomic mass is 10.0. The normalized spacial score (nSPS) is 13.5. The first kappa shape index (κ1) is 22.6. The molecule has 0 saturated carbocycles. The van der Waals surface area contributed by atoms with Gasteiger partial charge in [-0.15, -0.1) is 0 Å². The Balaban J connectivity index is 1.46. The van der Waals surface area contributed by atoms with Gasteiger partial charge < -0.3 is 14.8 Å². The summed E-state index contributed by atoms with van der Waals surface area (Å²) in [6, 6.07) is 22.5. The maximum absolute atomic E-state index is 6.14. The van der Waals surface area contributed by atoms with Crippen molar-refractivity contribution in [2.24, 2.45) is 4.99 Å². The first-order valence-corrected chi connectivity index (χ1v) is 11.7. The summed E-state index contributed by atoms with van der Waals surface area (Å²) >= 11 is 0. The third kappa shape index (κ3) is 5.01. The number of benzene rings is 3. The highest BCUT2D eigenvalue weighted by atomic mass is 16.5. The van der Waals surface area contributed by atoms with Crippen molar-refractivity contribution >= 4 is 28.5 Å². The highest BCUT2D eigenvalue weighted by molar-refractivity contribution is 6.11. The molecule has 6 heteroatoms. The van der Waals surface area contributed by atoms with Gasteiger partial charge in [0.25, 0.3) is 0 Å². The smallest absolute Gasteiger partial charge is 0.162 e. The quantitative estimate of drug-likeness (QED) is 0.338. The summed E-state index contributed by atoms with van der Waals surface area (Å²) in [6.45, 7) is 5.22. The molecular formula is C29H28N4O2. The fourth-order valence-corrected chi connectivity index (χ4v) is 4.19. The third-order valence-electron chi connectivity index (χ3n) is 6.05. The second kappa shape index (κ2) is 9.97. The van der Waals surface area contributed by atoms with Crippen LogP contribution in [0.2, 0.25) is 0 Å². The SMILES string of the molecule is COc1cc2nc(C)nc(N[C@H](C)c3cccc(C4=CCN=C4)c3)c2cc1OCc1ccccc1. The second-order valence-electron chi connectivity index (χ2n) is 8.56. The number of methoxy groups -OCH3 is 1. The van der Waals surface area contributed by atoms with Crippen molar-refractivity contribution in [1.82, 2.24) is 9.97 Å². The monoisotopic (exact) mass is 464 g/mol. The van der Waals surface area contributed by atoms with E-state index >= 15 is 0 Å². The minimum absolute atomic E-state index is 0.0298. The van der Waals surface area contributed by atoms with Gasteiger partial charge in [-0.25, -0.2) is 9.97 Å². The first-order valence-electron chi connectivity index (χ1n) is 11.7. The molecule has 0 fully saturated rings. The summed E-state index contributed by atoms with van der Waals surface area (Å²) in [5.41, 5.74) is 5.39. The van der Waals surface area contributed by atoms with Crippen LogP contribution in [0.5, 0.6) is 11.5 Å². The van der Waals surface area contributed by atoms with Crippen molar-refractivity contribution in [3.63, 3.8) is 0 Å². The molecule has 35 heavy (non-hydrogen) atoms. The average molecular weight is 465 g/mol. The van der Waals surface area contributed by atoms with Crippen LogP contribution < -0.4 is 14.8 Å². The number of rotatable bonds is 8. The maximum Gasteiger partial charge on any atom is 0.162 e. The number of nitrogens with one attached hydrogen (secondary N) is 1. The Kier molecular flexibility index (Phi) is 6.44. The number of hydrogen-bond acceptors (Lipinski definition) is 6. The maximum atomic E-state index is 6.14. The summed E-state index contributed by atoms with van der Waals surface area (Å²) in [5, 5.41) is 4.48. The molecule has 5 rings (SSSR count). The Morgan fingerprint density at radius 2 is 1.83 bits per heavy atom. The van der Waals surface area contributed by atoms with Crippen LogP contribution in [0, 0.1) is 6.92 Å². The van der Waals surface area contributed by atoms with Crippen LogP contribution in [0.4, 0.5) is 5.82 Å². The molecule has 0 radical (unpaired) electrons. The average Bonchev–Trinajstić information content (AvgIpc) is 3.43. The molecule has 0 aliphatic carbocycles. The van der Waals surface area contributed by atoms with Crippen molar-refractivity contribution < 1.29 is 9.47 Å². The van der Waals surface area contributed by atoms with E-state index in [1.807, 2.05) is 55.6 Å². The molecule has 1 atom stereocenters. The minimum atomic E-state index is 0.0298. The van der Waals surface area contributed by atoms with E-state index < -0.39 is 0 Å². The summed E-state index contributed by atoms with van der Waals surface area (Å²) in [4.78, 5) is 13.7. The minimum Gasteiger partial charge on any atom is -0.493 e. The van der Waals surface area contributed by atoms with Crippen molar-refractivity contribution in [2.75, 3.05) is 19.0 Å². The molecule has 1 aliphatic rings. The van der Waals surface area contributed by atoms with Crippen LogP contribution in [0.1, 0.15) is 35.5 Å². The van der Waals surface area contributed by atoms with Gasteiger partial charge in [0, 0.05) is 23.7 Å². The standard InChI is InChI=1S/C29H28N4O2/c1-19(22-10-7-11-23(14-22)24-12-13-30-17-24)31-29-25-15-28(35-18-21-8-5-4-6-9-21)27(34-3)16-26(25)32-20(2)33-29/h4-12,14-17,19H,13,18H2,1-3H3,(H,31,32,33)/t19-/m1/s1. The molecule has 0 saturated heterocycles. The number of hydrogen-bond donors (Lipinski definition) is 1. The number of fused-ring (bicyclic) bond motifs is 1. The van der Waals surface area contributed by atoms with E-state index in [2.05, 4.69) is 52.6 Å². The fraction of sp³-hybridized carbons (Fsp3) is 0.207. The van der Waals surface area contributed by atoms with E-state index in [1.165, 1.54) is 11.1 Å². The van der Waals surface area contributed by atoms with Crippen LogP contribution in [0.3, 0.4) is 0 Å². The van der Waals surface area contributed by atoms with Crippen LogP contribution >= 0.6 is 0 Å². The summed E-state index contributed by atoms with van der Waals surface area (Å²) in [6.07, 6.45) is 4.08. The Morgan fingerprint density at radius 1 is 0.971 bits per heavy atom. The molecule has 0 bridgehead atoms. The van der Waals surface area contributed by atoms with Crippen LogP contribution in [-0.2, 0) is 6.61 Å². The number of allylic oxidation sites excluding steroid dienone is 1. The Morgan fingerprint density at radius 3 is 2.60 bits per heavy atom. The van der Waals surface area contributed by atoms with Crippen LogP contribution in [0.25, 0.3) is 16.5 Å². The van der Waals surface area contributed by atoms with E-state index in [9.17, 15) is 0 Å². The lowest BCUT2D eigenvalue weighted by molar-refractivity contribution is 0.285. The van der Waals surface area contributed by atoms with Gasteiger partial charge in [-0.1, -0.05) is 54.6 Å². The molecule has 0 amide bonds. The van der Waals surface area contributed by atoms with E-state index in [0.29, 0.717) is 23.9 Å². The van der Waals surface area contributed by atoms with Crippen molar-refractivity contribution in [2.45, 2.75) is 26.5 Å². The van der Waals surface area contributed by atoms with E-state index in [-0.39, 0.29) is 6.04 Å². The molecule has 4 aromatic rings. The van der Waals surface area contributed by atoms with Gasteiger partial charge >= 0.3 is 0 Å². The third-order valence-corrected chi connectivity index (χ3v) is 6.05. The molecule has 0 unspecified atom stereocenters. The summed E-state index contributed by atoms with van der Waals surface area (Å²) in [5.74, 6) is 2.75. The molecule has 0 spiro atoms. The van der Waals surface area contributed by atoms with Gasteiger partial charge in [-0.05, 0) is 48.2 Å². The van der Waals surface area contributed by atoms with Crippen LogP contribution in [0.15, 0.2) is 77.8 Å². The van der Waals surface area contributed by atoms with Crippen molar-refractivity contribution in [3.8, 4) is 11.5 Å². The Hall–Kier alpha value is -4.19. The van der Waals surface area contributed by atoms with Gasteiger partial charge in [0.15, 0.2) is 11.5 Å². The van der Waals surface area contributed by atoms with Crippen molar-refractivity contribution in [3.05, 3.63) is 95.3 Å². The Labute approximate surface area is 205 Å². The number of nitrogens with zero attached hydrogens (tertiary/aromatic N) is 3. The van der Waals surface area contributed by atoms with Gasteiger partial charge in [0.2, 0.25) is 0 Å². The lowest BCUT2D eigenvalue weighted by Gasteiger charge is -2.19. The van der Waals surface area contributed by atoms with Gasteiger partial charge in [0.05, 0.1) is 19.2 Å². The first-order chi connectivity index (χ1) is 17.1. The molecule has 1 aromatic heterocycles. The predicted octanol–water partition coefficient (Wildman–Crippen LogP) is 6.17. The fourth-order valence-electron chi connectivity index (χ4n) is 4.19. The largest absolute Gasteiger partial charge is 0.493 e. The highest BCUT2D eigenvalue weighted by Gasteiger charge is 2.16. The number of aromatic nitrogens is 2. The summed E-state index contributed by atoms with van der Waals surface area (Å²) < 4.78 is 11.8. The number of aryl methyl sites for hydroxylation is 1. The van der Waals surface area contributed by atoms with Gasteiger partial charge in [-0.2, -0.15) is 0 Å². The molecule has 176 valence electrons. The van der Waals surface area contributed by atoms with Crippen LogP contribution in [-0.4, -0.2) is 29.8 Å². The topological polar surface area (TPSA) is 68.6 Å². The zero-order valence-corrected chi connectivity index (χ0v) is 20.2.